The van der Waals surface area contributed by atoms with Gasteiger partial charge in [-0.15, -0.1) is 0 Å². The number of aliphatic hydroxyl groups excluding tert-OH is 2. The molecule has 10 nitrogen and oxygen atoms in total. The molecule has 0 spiro atoms. The van der Waals surface area contributed by atoms with E-state index in [2.05, 4.69) is 16.0 Å². The van der Waals surface area contributed by atoms with E-state index in [-0.39, 0.29) is 17.9 Å². The highest BCUT2D eigenvalue weighted by molar-refractivity contribution is 7.98. The molecule has 2 unspecified atom stereocenters. The molecular formula is C14H20N4O6S. The number of non-ortho nitro benzene ring substituents is 1. The summed E-state index contributed by atoms with van der Waals surface area (Å²) in [4.78, 5) is 21.8. The van der Waals surface area contributed by atoms with Crippen molar-refractivity contribution in [1.29, 1.82) is 0 Å². The predicted octanol–water partition coefficient (Wildman–Crippen LogP) is 0.365. The smallest absolute Gasteiger partial charge is 0.320 e. The number of nitrogens with one attached hydrogen (secondary N) is 3. The summed E-state index contributed by atoms with van der Waals surface area (Å²) in [5.74, 6) is -0.350. The largest absolute Gasteiger partial charge is 0.480 e. The maximum Gasteiger partial charge on any atom is 0.320 e. The third kappa shape index (κ3) is 4.72. The van der Waals surface area contributed by atoms with Crippen LogP contribution < -0.4 is 16.0 Å². The number of hydrogen-bond acceptors (Lipinski definition) is 9. The number of carboxylic acid groups (broad SMARTS) is 1. The highest BCUT2D eigenvalue weighted by Gasteiger charge is 2.28. The van der Waals surface area contributed by atoms with Gasteiger partial charge in [-0.05, 0) is 24.0 Å². The highest BCUT2D eigenvalue weighted by Crippen LogP contribution is 2.35. The quantitative estimate of drug-likeness (QED) is 0.278. The van der Waals surface area contributed by atoms with Gasteiger partial charge in [-0.25, -0.2) is 0 Å². The molecule has 1 aromatic carbocycles. The lowest BCUT2D eigenvalue weighted by molar-refractivity contribution is -0.384. The average Bonchev–Trinajstić information content (AvgIpc) is 2.55. The van der Waals surface area contributed by atoms with Gasteiger partial charge in [-0.1, -0.05) is 0 Å². The van der Waals surface area contributed by atoms with Crippen molar-refractivity contribution in [1.82, 2.24) is 5.32 Å². The minimum Gasteiger partial charge on any atom is -0.480 e. The van der Waals surface area contributed by atoms with E-state index < -0.39 is 29.4 Å². The van der Waals surface area contributed by atoms with Crippen molar-refractivity contribution < 1.29 is 25.0 Å². The van der Waals surface area contributed by atoms with Gasteiger partial charge in [0.25, 0.3) is 5.69 Å². The Morgan fingerprint density at radius 3 is 2.68 bits per heavy atom. The number of carboxylic acids is 1. The number of rotatable bonds is 8. The van der Waals surface area contributed by atoms with Gasteiger partial charge in [-0.3, -0.25) is 14.9 Å². The van der Waals surface area contributed by atoms with Crippen LogP contribution in [0.5, 0.6) is 0 Å². The van der Waals surface area contributed by atoms with Crippen molar-refractivity contribution in [2.45, 2.75) is 31.5 Å². The number of hydrogen-bond donors (Lipinski definition) is 6. The summed E-state index contributed by atoms with van der Waals surface area (Å²) in [6.07, 6.45) is -0.332. The van der Waals surface area contributed by atoms with Crippen LogP contribution in [0.3, 0.4) is 0 Å². The van der Waals surface area contributed by atoms with Gasteiger partial charge < -0.3 is 31.3 Å². The Hall–Kier alpha value is -2.08. The van der Waals surface area contributed by atoms with E-state index in [0.717, 1.165) is 0 Å². The number of benzene rings is 1. The Morgan fingerprint density at radius 2 is 2.08 bits per heavy atom. The molecule has 0 saturated heterocycles. The highest BCUT2D eigenvalue weighted by atomic mass is 32.2. The molecule has 25 heavy (non-hydrogen) atoms. The monoisotopic (exact) mass is 372 g/mol. The summed E-state index contributed by atoms with van der Waals surface area (Å²) in [6, 6.07) is 1.75. The fourth-order valence-electron chi connectivity index (χ4n) is 2.46. The zero-order valence-electron chi connectivity index (χ0n) is 13.4. The van der Waals surface area contributed by atoms with E-state index in [1.165, 1.54) is 23.9 Å². The van der Waals surface area contributed by atoms with Gasteiger partial charge in [0, 0.05) is 18.7 Å². The van der Waals surface area contributed by atoms with Crippen molar-refractivity contribution in [3.05, 3.63) is 27.8 Å². The average molecular weight is 372 g/mol. The number of nitrogens with zero attached hydrogens (tertiary/aromatic N) is 1. The van der Waals surface area contributed by atoms with Gasteiger partial charge in [0.2, 0.25) is 0 Å². The van der Waals surface area contributed by atoms with Crippen LogP contribution in [0.15, 0.2) is 12.1 Å². The number of nitro groups is 1. The third-order valence-electron chi connectivity index (χ3n) is 3.76. The van der Waals surface area contributed by atoms with Crippen LogP contribution in [-0.2, 0) is 11.3 Å². The Kier molecular flexibility index (Phi) is 6.42. The molecular weight excluding hydrogens is 352 g/mol. The molecule has 2 rings (SSSR count). The van der Waals surface area contributed by atoms with Crippen molar-refractivity contribution in [3.8, 4) is 0 Å². The van der Waals surface area contributed by atoms with E-state index in [9.17, 15) is 30.2 Å². The zero-order valence-corrected chi connectivity index (χ0v) is 14.2. The molecule has 0 saturated carbocycles. The fraction of sp³-hybridized carbons (Fsp3) is 0.500. The van der Waals surface area contributed by atoms with Gasteiger partial charge in [0.15, 0.2) is 12.5 Å². The Labute approximate surface area is 147 Å². The first-order valence-corrected chi connectivity index (χ1v) is 8.88. The van der Waals surface area contributed by atoms with Crippen LogP contribution >= 0.6 is 11.8 Å². The molecule has 1 heterocycles. The van der Waals surface area contributed by atoms with Crippen molar-refractivity contribution in [2.75, 3.05) is 22.6 Å². The van der Waals surface area contributed by atoms with Gasteiger partial charge in [0.05, 0.1) is 16.3 Å². The van der Waals surface area contributed by atoms with Crippen molar-refractivity contribution in [3.63, 3.8) is 0 Å². The van der Waals surface area contributed by atoms with E-state index in [1.807, 2.05) is 6.26 Å². The summed E-state index contributed by atoms with van der Waals surface area (Å²) in [6.45, 7) is 0.0485. The topological polar surface area (TPSA) is 157 Å². The first-order valence-electron chi connectivity index (χ1n) is 7.49. The Bertz CT molecular complexity index is 658. The molecule has 11 heteroatoms. The number of thioether (sulfide) groups is 1. The molecule has 0 radical (unpaired) electrons. The summed E-state index contributed by atoms with van der Waals surface area (Å²) in [5, 5.41) is 47.8. The molecule has 1 aliphatic heterocycles. The lowest BCUT2D eigenvalue weighted by Crippen LogP contribution is -2.43. The second kappa shape index (κ2) is 8.34. The molecule has 0 fully saturated rings. The SMILES string of the molecule is CSCC[C@H](NCc1cc([N+](=O)[O-])cc2c1NC(O)C(O)N2)C(=O)O. The van der Waals surface area contributed by atoms with E-state index in [0.29, 0.717) is 23.4 Å². The Balaban J connectivity index is 2.26. The van der Waals surface area contributed by atoms with Crippen LogP contribution in [-0.4, -0.2) is 56.7 Å². The molecule has 0 bridgehead atoms. The van der Waals surface area contributed by atoms with Crippen LogP contribution in [0.1, 0.15) is 12.0 Å². The molecule has 6 N–H and O–H groups in total. The van der Waals surface area contributed by atoms with E-state index in [4.69, 9.17) is 0 Å². The summed E-state index contributed by atoms with van der Waals surface area (Å²) < 4.78 is 0. The van der Waals surface area contributed by atoms with Crippen LogP contribution in [0.2, 0.25) is 0 Å². The molecule has 138 valence electrons. The number of aliphatic carboxylic acids is 1. The Morgan fingerprint density at radius 1 is 1.40 bits per heavy atom. The molecule has 0 amide bonds. The standard InChI is InChI=1S/C14H20N4O6S/c1-25-3-2-9(14(21)22)15-6-7-4-8(18(23)24)5-10-11(7)17-13(20)12(19)16-10/h4-5,9,12-13,15-17,19-20H,2-3,6H2,1H3,(H,21,22)/t9-,12?,13?/m0/s1. The first kappa shape index (κ1) is 19.2. The van der Waals surface area contributed by atoms with Crippen LogP contribution in [0, 0.1) is 10.1 Å². The minimum absolute atomic E-state index is 0.0485. The number of aliphatic hydroxyl groups is 2. The second-order valence-corrected chi connectivity index (χ2v) is 6.50. The molecule has 1 aromatic rings. The van der Waals surface area contributed by atoms with E-state index in [1.54, 1.807) is 0 Å². The van der Waals surface area contributed by atoms with Crippen molar-refractivity contribution >= 4 is 34.8 Å². The maximum atomic E-state index is 11.3. The predicted molar refractivity (Wildman–Crippen MR) is 93.6 cm³/mol. The zero-order chi connectivity index (χ0) is 18.6. The number of anilines is 2. The van der Waals surface area contributed by atoms with Crippen LogP contribution in [0.4, 0.5) is 17.1 Å². The maximum absolute atomic E-state index is 11.3. The fourth-order valence-corrected chi connectivity index (χ4v) is 2.93. The van der Waals surface area contributed by atoms with E-state index >= 15 is 0 Å². The summed E-state index contributed by atoms with van der Waals surface area (Å²) >= 11 is 1.52. The normalized spacial score (nSPS) is 20.1. The molecule has 0 aliphatic carbocycles. The van der Waals surface area contributed by atoms with Crippen LogP contribution in [0.25, 0.3) is 0 Å². The molecule has 0 aromatic heterocycles. The summed E-state index contributed by atoms with van der Waals surface area (Å²) in [5.41, 5.74) is 0.854. The van der Waals surface area contributed by atoms with Gasteiger partial charge in [-0.2, -0.15) is 11.8 Å². The lowest BCUT2D eigenvalue weighted by atomic mass is 10.1. The minimum atomic E-state index is -1.32. The third-order valence-corrected chi connectivity index (χ3v) is 4.40. The second-order valence-electron chi connectivity index (χ2n) is 5.52. The molecule has 1 aliphatic rings. The number of fused-ring (bicyclic) bond motifs is 1. The molecule has 3 atom stereocenters. The first-order chi connectivity index (χ1) is 11.8. The number of carbonyl (C=O) groups is 1. The van der Waals surface area contributed by atoms with Crippen molar-refractivity contribution in [2.24, 2.45) is 0 Å². The summed E-state index contributed by atoms with van der Waals surface area (Å²) in [7, 11) is 0. The van der Waals surface area contributed by atoms with Gasteiger partial charge >= 0.3 is 5.97 Å². The van der Waals surface area contributed by atoms with Gasteiger partial charge in [0.1, 0.15) is 6.04 Å². The number of nitro benzene ring substituents is 1. The lowest BCUT2D eigenvalue weighted by Gasteiger charge is -2.31.